The SMILES string of the molecule is COc1c2c(cc3c1[C@H](CC(=O)C=C[C@@H]1CC=C(C)C[C@@H]1C)N(C)CC3)OCO2. The zero-order valence-corrected chi connectivity index (χ0v) is 17.9. The zero-order chi connectivity index (χ0) is 20.5. The van der Waals surface area contributed by atoms with E-state index in [0.29, 0.717) is 29.8 Å². The van der Waals surface area contributed by atoms with Crippen LogP contribution in [-0.4, -0.2) is 38.2 Å². The Morgan fingerprint density at radius 2 is 2.21 bits per heavy atom. The van der Waals surface area contributed by atoms with Crippen molar-refractivity contribution >= 4 is 5.78 Å². The fraction of sp³-hybridized carbons (Fsp3) is 0.542. The monoisotopic (exact) mass is 397 g/mol. The Morgan fingerprint density at radius 1 is 1.38 bits per heavy atom. The average Bonchev–Trinajstić information content (AvgIpc) is 3.16. The van der Waals surface area contributed by atoms with Crippen molar-refractivity contribution in [3.63, 3.8) is 0 Å². The molecule has 0 unspecified atom stereocenters. The highest BCUT2D eigenvalue weighted by Gasteiger charge is 2.34. The lowest BCUT2D eigenvalue weighted by Gasteiger charge is -2.35. The molecule has 0 aromatic heterocycles. The number of rotatable bonds is 5. The highest BCUT2D eigenvalue weighted by atomic mass is 16.7. The van der Waals surface area contributed by atoms with Gasteiger partial charge in [0.1, 0.15) is 0 Å². The molecule has 0 amide bonds. The molecule has 29 heavy (non-hydrogen) atoms. The summed E-state index contributed by atoms with van der Waals surface area (Å²) >= 11 is 0. The molecular weight excluding hydrogens is 366 g/mol. The molecule has 0 saturated heterocycles. The molecule has 5 nitrogen and oxygen atoms in total. The first-order chi connectivity index (χ1) is 14.0. The second-order valence-corrected chi connectivity index (χ2v) is 8.62. The van der Waals surface area contributed by atoms with Crippen LogP contribution in [0.25, 0.3) is 0 Å². The second-order valence-electron chi connectivity index (χ2n) is 8.62. The quantitative estimate of drug-likeness (QED) is 0.542. The molecule has 0 bridgehead atoms. The minimum Gasteiger partial charge on any atom is -0.492 e. The summed E-state index contributed by atoms with van der Waals surface area (Å²) in [5.74, 6) is 3.31. The first-order valence-electron chi connectivity index (χ1n) is 10.5. The number of hydrogen-bond acceptors (Lipinski definition) is 5. The van der Waals surface area contributed by atoms with Gasteiger partial charge in [-0.05, 0) is 62.8 Å². The molecule has 2 heterocycles. The van der Waals surface area contributed by atoms with Crippen molar-refractivity contribution in [1.29, 1.82) is 0 Å². The molecule has 5 heteroatoms. The van der Waals surface area contributed by atoms with Crippen molar-refractivity contribution in [2.75, 3.05) is 27.5 Å². The summed E-state index contributed by atoms with van der Waals surface area (Å²) in [5.41, 5.74) is 3.71. The van der Waals surface area contributed by atoms with E-state index in [1.807, 2.05) is 0 Å². The Bertz CT molecular complexity index is 857. The first-order valence-corrected chi connectivity index (χ1v) is 10.5. The number of methoxy groups -OCH3 is 1. The Labute approximate surface area is 173 Å². The van der Waals surface area contributed by atoms with Gasteiger partial charge in [-0.3, -0.25) is 9.69 Å². The summed E-state index contributed by atoms with van der Waals surface area (Å²) in [4.78, 5) is 15.1. The van der Waals surface area contributed by atoms with Crippen molar-refractivity contribution < 1.29 is 19.0 Å². The number of allylic oxidation sites excluding steroid dienone is 4. The van der Waals surface area contributed by atoms with E-state index in [1.165, 1.54) is 11.1 Å². The third-order valence-electron chi connectivity index (χ3n) is 6.58. The molecule has 0 saturated carbocycles. The van der Waals surface area contributed by atoms with Crippen molar-refractivity contribution in [2.45, 2.75) is 45.6 Å². The molecular formula is C24H31NO4. The van der Waals surface area contributed by atoms with Crippen LogP contribution in [0.15, 0.2) is 29.9 Å². The van der Waals surface area contributed by atoms with Crippen LogP contribution in [0.4, 0.5) is 0 Å². The topological polar surface area (TPSA) is 48.0 Å². The minimum absolute atomic E-state index is 0.0220. The number of nitrogens with zero attached hydrogens (tertiary/aromatic N) is 1. The van der Waals surface area contributed by atoms with E-state index in [1.54, 1.807) is 13.2 Å². The van der Waals surface area contributed by atoms with Gasteiger partial charge >= 0.3 is 0 Å². The molecule has 0 N–H and O–H groups in total. The van der Waals surface area contributed by atoms with Gasteiger partial charge in [0.2, 0.25) is 12.5 Å². The van der Waals surface area contributed by atoms with Crippen LogP contribution in [0.2, 0.25) is 0 Å². The van der Waals surface area contributed by atoms with Crippen molar-refractivity contribution in [1.82, 2.24) is 4.90 Å². The number of fused-ring (bicyclic) bond motifs is 2. The largest absolute Gasteiger partial charge is 0.492 e. The van der Waals surface area contributed by atoms with E-state index in [4.69, 9.17) is 14.2 Å². The van der Waals surface area contributed by atoms with E-state index in [9.17, 15) is 4.79 Å². The second kappa shape index (κ2) is 8.23. The lowest BCUT2D eigenvalue weighted by molar-refractivity contribution is -0.115. The van der Waals surface area contributed by atoms with Gasteiger partial charge in [0.15, 0.2) is 17.3 Å². The van der Waals surface area contributed by atoms with E-state index in [2.05, 4.69) is 44.0 Å². The Morgan fingerprint density at radius 3 is 2.97 bits per heavy atom. The van der Waals surface area contributed by atoms with Crippen LogP contribution >= 0.6 is 0 Å². The lowest BCUT2D eigenvalue weighted by Crippen LogP contribution is -2.33. The summed E-state index contributed by atoms with van der Waals surface area (Å²) < 4.78 is 17.0. The smallest absolute Gasteiger partial charge is 0.231 e. The van der Waals surface area contributed by atoms with Gasteiger partial charge < -0.3 is 14.2 Å². The summed E-state index contributed by atoms with van der Waals surface area (Å²) in [5, 5.41) is 0. The van der Waals surface area contributed by atoms with Gasteiger partial charge in [-0.15, -0.1) is 0 Å². The van der Waals surface area contributed by atoms with Gasteiger partial charge in [0.25, 0.3) is 0 Å². The fourth-order valence-corrected chi connectivity index (χ4v) is 4.85. The predicted molar refractivity (Wildman–Crippen MR) is 113 cm³/mol. The van der Waals surface area contributed by atoms with Crippen molar-refractivity contribution in [3.05, 3.63) is 41.0 Å². The van der Waals surface area contributed by atoms with Gasteiger partial charge in [-0.2, -0.15) is 0 Å². The van der Waals surface area contributed by atoms with Gasteiger partial charge in [0, 0.05) is 24.6 Å². The van der Waals surface area contributed by atoms with Crippen LogP contribution in [-0.2, 0) is 11.2 Å². The molecule has 3 aliphatic rings. The third kappa shape index (κ3) is 3.93. The summed E-state index contributed by atoms with van der Waals surface area (Å²) in [6.45, 7) is 5.58. The zero-order valence-electron chi connectivity index (χ0n) is 17.9. The van der Waals surface area contributed by atoms with Crippen molar-refractivity contribution in [3.8, 4) is 17.2 Å². The molecule has 1 aromatic rings. The number of hydrogen-bond donors (Lipinski definition) is 0. The number of ether oxygens (including phenoxy) is 3. The molecule has 1 aliphatic carbocycles. The number of carbonyl (C=O) groups excluding carboxylic acids is 1. The summed E-state index contributed by atoms with van der Waals surface area (Å²) in [7, 11) is 3.73. The van der Waals surface area contributed by atoms with Crippen LogP contribution in [0.5, 0.6) is 17.2 Å². The van der Waals surface area contributed by atoms with E-state index >= 15 is 0 Å². The highest BCUT2D eigenvalue weighted by molar-refractivity contribution is 5.90. The summed E-state index contributed by atoms with van der Waals surface area (Å²) in [6, 6.07) is 2.03. The first kappa shape index (κ1) is 20.0. The fourth-order valence-electron chi connectivity index (χ4n) is 4.85. The van der Waals surface area contributed by atoms with Gasteiger partial charge in [-0.25, -0.2) is 0 Å². The number of carbonyl (C=O) groups is 1. The maximum absolute atomic E-state index is 12.9. The third-order valence-corrected chi connectivity index (χ3v) is 6.58. The molecule has 3 atom stereocenters. The van der Waals surface area contributed by atoms with Crippen LogP contribution in [0, 0.1) is 11.8 Å². The number of benzene rings is 1. The van der Waals surface area contributed by atoms with E-state index in [0.717, 1.165) is 37.1 Å². The van der Waals surface area contributed by atoms with E-state index in [-0.39, 0.29) is 18.6 Å². The normalized spacial score (nSPS) is 26.3. The molecule has 0 fully saturated rings. The average molecular weight is 398 g/mol. The molecule has 4 rings (SSSR count). The lowest BCUT2D eigenvalue weighted by atomic mass is 9.81. The molecule has 156 valence electrons. The maximum Gasteiger partial charge on any atom is 0.231 e. The van der Waals surface area contributed by atoms with Gasteiger partial charge in [-0.1, -0.05) is 24.6 Å². The molecule has 1 aromatic carbocycles. The van der Waals surface area contributed by atoms with E-state index < -0.39 is 0 Å². The summed E-state index contributed by atoms with van der Waals surface area (Å²) in [6.07, 6.45) is 9.72. The Balaban J connectivity index is 1.55. The Kier molecular flexibility index (Phi) is 5.68. The predicted octanol–water partition coefficient (Wildman–Crippen LogP) is 4.46. The highest BCUT2D eigenvalue weighted by Crippen LogP contribution is 2.50. The Hall–Kier alpha value is -2.27. The van der Waals surface area contributed by atoms with Crippen molar-refractivity contribution in [2.24, 2.45) is 11.8 Å². The molecule has 0 radical (unpaired) electrons. The van der Waals surface area contributed by atoms with Crippen LogP contribution in [0.1, 0.15) is 50.3 Å². The molecule has 2 aliphatic heterocycles. The standard InChI is InChI=1S/C24H31NO4/c1-15-5-6-17(16(2)11-15)7-8-19(26)13-20-22-18(9-10-25(20)3)12-21-23(24(22)27-4)29-14-28-21/h5,7-8,12,16-17,20H,6,9-11,13-14H2,1-4H3/t16-,17-,20-/m0/s1. The van der Waals surface area contributed by atoms with Crippen LogP contribution in [0.3, 0.4) is 0 Å². The van der Waals surface area contributed by atoms with Crippen LogP contribution < -0.4 is 14.2 Å². The maximum atomic E-state index is 12.9. The molecule has 0 spiro atoms. The van der Waals surface area contributed by atoms with Gasteiger partial charge in [0.05, 0.1) is 7.11 Å². The number of likely N-dealkylation sites (N-methyl/N-ethyl adjacent to an activating group) is 1. The number of ketones is 1. The minimum atomic E-state index is -0.0220.